The number of ether oxygens (including phenoxy) is 1. The van der Waals surface area contributed by atoms with E-state index in [1.54, 1.807) is 24.3 Å². The Morgan fingerprint density at radius 2 is 2.16 bits per heavy atom. The minimum atomic E-state index is -0.894. The fraction of sp³-hybridized carbons (Fsp3) is 0.429. The maximum Gasteiger partial charge on any atom is 0.307 e. The summed E-state index contributed by atoms with van der Waals surface area (Å²) in [6.07, 6.45) is 1.91. The average molecular weight is 265 g/mol. The van der Waals surface area contributed by atoms with Crippen molar-refractivity contribution in [2.75, 3.05) is 13.2 Å². The molecule has 0 aliphatic heterocycles. The summed E-state index contributed by atoms with van der Waals surface area (Å²) in [5.74, 6) is -0.559. The third-order valence-electron chi connectivity index (χ3n) is 2.48. The molecular formula is C14H19NO4. The molecule has 0 saturated carbocycles. The first-order chi connectivity index (χ1) is 9.11. The van der Waals surface area contributed by atoms with Gasteiger partial charge in [-0.2, -0.15) is 0 Å². The third-order valence-corrected chi connectivity index (χ3v) is 2.48. The van der Waals surface area contributed by atoms with E-state index in [1.807, 2.05) is 0 Å². The predicted octanol–water partition coefficient (Wildman–Crippen LogP) is 1.61. The Kier molecular flexibility index (Phi) is 6.43. The van der Waals surface area contributed by atoms with Crippen molar-refractivity contribution in [1.82, 2.24) is 5.32 Å². The van der Waals surface area contributed by atoms with Crippen LogP contribution >= 0.6 is 0 Å². The van der Waals surface area contributed by atoms with Gasteiger partial charge in [0.1, 0.15) is 5.75 Å². The number of carbonyl (C=O) groups is 2. The van der Waals surface area contributed by atoms with Crippen molar-refractivity contribution >= 4 is 11.9 Å². The molecule has 1 aromatic carbocycles. The molecule has 2 N–H and O–H groups in total. The summed E-state index contributed by atoms with van der Waals surface area (Å²) in [4.78, 5) is 22.0. The summed E-state index contributed by atoms with van der Waals surface area (Å²) in [5, 5.41) is 11.4. The number of nitrogens with one attached hydrogen (secondary N) is 1. The van der Waals surface area contributed by atoms with Crippen LogP contribution < -0.4 is 10.1 Å². The van der Waals surface area contributed by atoms with Gasteiger partial charge in [0.25, 0.3) is 5.91 Å². The molecule has 0 aliphatic carbocycles. The molecule has 5 heteroatoms. The molecule has 0 atom stereocenters. The zero-order valence-electron chi connectivity index (χ0n) is 11.0. The van der Waals surface area contributed by atoms with Crippen LogP contribution in [0.5, 0.6) is 5.75 Å². The molecule has 19 heavy (non-hydrogen) atoms. The Morgan fingerprint density at radius 3 is 2.84 bits per heavy atom. The lowest BCUT2D eigenvalue weighted by atomic mass is 10.1. The van der Waals surface area contributed by atoms with Crippen LogP contribution in [0.4, 0.5) is 0 Å². The van der Waals surface area contributed by atoms with E-state index in [0.717, 1.165) is 12.8 Å². The van der Waals surface area contributed by atoms with Gasteiger partial charge in [-0.15, -0.1) is 0 Å². The largest absolute Gasteiger partial charge is 0.484 e. The number of aliphatic carboxylic acids is 1. The van der Waals surface area contributed by atoms with Crippen molar-refractivity contribution in [2.45, 2.75) is 26.2 Å². The number of hydrogen-bond donors (Lipinski definition) is 2. The summed E-state index contributed by atoms with van der Waals surface area (Å²) in [6.45, 7) is 2.65. The summed E-state index contributed by atoms with van der Waals surface area (Å²) in [5.41, 5.74) is 0.649. The lowest BCUT2D eigenvalue weighted by Crippen LogP contribution is -2.29. The third kappa shape index (κ3) is 6.45. The minimum absolute atomic E-state index is 0.0553. The monoisotopic (exact) mass is 265 g/mol. The highest BCUT2D eigenvalue weighted by Crippen LogP contribution is 2.13. The summed E-state index contributed by atoms with van der Waals surface area (Å²) in [7, 11) is 0. The highest BCUT2D eigenvalue weighted by Gasteiger charge is 2.04. The predicted molar refractivity (Wildman–Crippen MR) is 71.2 cm³/mol. The number of carbonyl (C=O) groups excluding carboxylic acids is 1. The first-order valence-electron chi connectivity index (χ1n) is 6.32. The fourth-order valence-electron chi connectivity index (χ4n) is 1.52. The molecule has 1 amide bonds. The van der Waals surface area contributed by atoms with Gasteiger partial charge in [-0.1, -0.05) is 25.5 Å². The molecule has 0 spiro atoms. The van der Waals surface area contributed by atoms with Crippen LogP contribution in [0.3, 0.4) is 0 Å². The molecule has 0 unspecified atom stereocenters. The molecule has 0 aliphatic rings. The highest BCUT2D eigenvalue weighted by atomic mass is 16.5. The van der Waals surface area contributed by atoms with E-state index in [1.165, 1.54) is 0 Å². The van der Waals surface area contributed by atoms with E-state index in [4.69, 9.17) is 9.84 Å². The van der Waals surface area contributed by atoms with Crippen molar-refractivity contribution in [3.05, 3.63) is 29.8 Å². The number of carboxylic acids is 1. The molecule has 0 aromatic heterocycles. The Balaban J connectivity index is 2.40. The van der Waals surface area contributed by atoms with Gasteiger partial charge in [0, 0.05) is 6.54 Å². The van der Waals surface area contributed by atoms with E-state index >= 15 is 0 Å². The molecule has 0 fully saturated rings. The molecule has 104 valence electrons. The second-order valence-electron chi connectivity index (χ2n) is 4.21. The van der Waals surface area contributed by atoms with Crippen molar-refractivity contribution < 1.29 is 19.4 Å². The number of carboxylic acid groups (broad SMARTS) is 1. The number of unbranched alkanes of at least 4 members (excludes halogenated alkanes) is 1. The minimum Gasteiger partial charge on any atom is -0.484 e. The fourth-order valence-corrected chi connectivity index (χ4v) is 1.52. The zero-order valence-corrected chi connectivity index (χ0v) is 11.0. The molecule has 0 saturated heterocycles. The molecule has 1 aromatic rings. The molecule has 0 bridgehead atoms. The first-order valence-corrected chi connectivity index (χ1v) is 6.32. The van der Waals surface area contributed by atoms with Crippen LogP contribution in [-0.4, -0.2) is 30.1 Å². The van der Waals surface area contributed by atoms with Gasteiger partial charge in [-0.3, -0.25) is 9.59 Å². The van der Waals surface area contributed by atoms with Crippen molar-refractivity contribution in [3.8, 4) is 5.75 Å². The number of rotatable bonds is 8. The number of hydrogen-bond acceptors (Lipinski definition) is 3. The van der Waals surface area contributed by atoms with Gasteiger partial charge in [-0.25, -0.2) is 0 Å². The van der Waals surface area contributed by atoms with E-state index in [2.05, 4.69) is 12.2 Å². The van der Waals surface area contributed by atoms with Crippen LogP contribution in [0, 0.1) is 0 Å². The van der Waals surface area contributed by atoms with E-state index in [0.29, 0.717) is 17.9 Å². The number of benzene rings is 1. The lowest BCUT2D eigenvalue weighted by molar-refractivity contribution is -0.136. The first kappa shape index (κ1) is 15.0. The Morgan fingerprint density at radius 1 is 1.37 bits per heavy atom. The molecule has 0 heterocycles. The smallest absolute Gasteiger partial charge is 0.307 e. The standard InChI is InChI=1S/C14H19NO4/c1-2-3-7-15-13(16)10-19-12-6-4-5-11(8-12)9-14(17)18/h4-6,8H,2-3,7,9-10H2,1H3,(H,15,16)(H,17,18). The van der Waals surface area contributed by atoms with E-state index in [-0.39, 0.29) is 18.9 Å². The van der Waals surface area contributed by atoms with Crippen LogP contribution in [0.2, 0.25) is 0 Å². The molecule has 0 radical (unpaired) electrons. The highest BCUT2D eigenvalue weighted by molar-refractivity contribution is 5.77. The van der Waals surface area contributed by atoms with Crippen LogP contribution in [0.25, 0.3) is 0 Å². The maximum atomic E-state index is 11.4. The topological polar surface area (TPSA) is 75.6 Å². The second kappa shape index (κ2) is 8.13. The Labute approximate surface area is 112 Å². The normalized spacial score (nSPS) is 9.95. The summed E-state index contributed by atoms with van der Waals surface area (Å²) < 4.78 is 5.32. The zero-order chi connectivity index (χ0) is 14.1. The van der Waals surface area contributed by atoms with E-state index in [9.17, 15) is 9.59 Å². The molecular weight excluding hydrogens is 246 g/mol. The Hall–Kier alpha value is -2.04. The summed E-state index contributed by atoms with van der Waals surface area (Å²) in [6, 6.07) is 6.75. The quantitative estimate of drug-likeness (QED) is 0.700. The summed E-state index contributed by atoms with van der Waals surface area (Å²) >= 11 is 0. The van der Waals surface area contributed by atoms with Gasteiger partial charge in [0.15, 0.2) is 6.61 Å². The maximum absolute atomic E-state index is 11.4. The van der Waals surface area contributed by atoms with Crippen LogP contribution in [0.1, 0.15) is 25.3 Å². The van der Waals surface area contributed by atoms with Crippen molar-refractivity contribution in [3.63, 3.8) is 0 Å². The van der Waals surface area contributed by atoms with Gasteiger partial charge in [0.05, 0.1) is 6.42 Å². The van der Waals surface area contributed by atoms with Crippen LogP contribution in [0.15, 0.2) is 24.3 Å². The van der Waals surface area contributed by atoms with Gasteiger partial charge in [0.2, 0.25) is 0 Å². The number of amides is 1. The van der Waals surface area contributed by atoms with Crippen molar-refractivity contribution in [1.29, 1.82) is 0 Å². The molecule has 1 rings (SSSR count). The SMILES string of the molecule is CCCCNC(=O)COc1cccc(CC(=O)O)c1. The van der Waals surface area contributed by atoms with Gasteiger partial charge in [-0.05, 0) is 24.1 Å². The Bertz CT molecular complexity index is 431. The van der Waals surface area contributed by atoms with Crippen LogP contribution in [-0.2, 0) is 16.0 Å². The lowest BCUT2D eigenvalue weighted by Gasteiger charge is -2.08. The molecule has 5 nitrogen and oxygen atoms in total. The van der Waals surface area contributed by atoms with Crippen molar-refractivity contribution in [2.24, 2.45) is 0 Å². The second-order valence-corrected chi connectivity index (χ2v) is 4.21. The van der Waals surface area contributed by atoms with E-state index < -0.39 is 5.97 Å². The van der Waals surface area contributed by atoms with Gasteiger partial charge >= 0.3 is 5.97 Å². The average Bonchev–Trinajstić information content (AvgIpc) is 2.36. The van der Waals surface area contributed by atoms with Gasteiger partial charge < -0.3 is 15.2 Å².